The van der Waals surface area contributed by atoms with Crippen LogP contribution >= 0.6 is 0 Å². The van der Waals surface area contributed by atoms with Gasteiger partial charge in [-0.3, -0.25) is 0 Å². The molecule has 0 radical (unpaired) electrons. The number of carbonyl (C=O) groups excluding carboxylic acids is 1. The van der Waals surface area contributed by atoms with Crippen molar-refractivity contribution in [2.24, 2.45) is 0 Å². The first kappa shape index (κ1) is 23.3. The van der Waals surface area contributed by atoms with Crippen LogP contribution in [0.5, 0.6) is 11.6 Å². The molecule has 1 heterocycles. The van der Waals surface area contributed by atoms with Crippen LogP contribution < -0.4 is 10.1 Å². The molecule has 170 valence electrons. The van der Waals surface area contributed by atoms with Crippen molar-refractivity contribution >= 4 is 6.03 Å². The van der Waals surface area contributed by atoms with Gasteiger partial charge in [-0.2, -0.15) is 5.10 Å². The molecule has 0 fully saturated rings. The fraction of sp³-hybridized carbons (Fsp3) is 0.360. The first-order valence-corrected chi connectivity index (χ1v) is 10.7. The number of aromatic nitrogens is 2. The summed E-state index contributed by atoms with van der Waals surface area (Å²) in [6.45, 7) is 12.0. The van der Waals surface area contributed by atoms with Crippen LogP contribution in [-0.2, 0) is 6.54 Å². The maximum Gasteiger partial charge on any atom is 0.318 e. The SMILES string of the molecule is Cc1nn(-c2ccc(F)cc2)c(Oc2ccccc2)c1CN(C(=O)NC(C)(C)C)C(C)C. The number of ether oxygens (including phenoxy) is 1. The van der Waals surface area contributed by atoms with Gasteiger partial charge in [0.2, 0.25) is 5.88 Å². The standard InChI is InChI=1S/C25H31FN4O2/c1-17(2)29(24(31)27-25(4,5)6)16-22-18(3)28-30(20-14-12-19(26)13-15-20)23(22)32-21-10-8-7-9-11-21/h7-15,17H,16H2,1-6H3,(H,27,31). The lowest BCUT2D eigenvalue weighted by atomic mass is 10.1. The molecule has 0 saturated carbocycles. The van der Waals surface area contributed by atoms with Crippen LogP contribution in [0.2, 0.25) is 0 Å². The van der Waals surface area contributed by atoms with Crippen LogP contribution in [0.15, 0.2) is 54.6 Å². The predicted octanol–water partition coefficient (Wildman–Crippen LogP) is 5.83. The summed E-state index contributed by atoms with van der Waals surface area (Å²) in [6, 6.07) is 15.3. The maximum atomic E-state index is 13.5. The Morgan fingerprint density at radius 3 is 2.31 bits per heavy atom. The van der Waals surface area contributed by atoms with Gasteiger partial charge in [-0.1, -0.05) is 18.2 Å². The number of nitrogens with one attached hydrogen (secondary N) is 1. The Labute approximate surface area is 189 Å². The largest absolute Gasteiger partial charge is 0.439 e. The molecule has 2 amide bonds. The van der Waals surface area contributed by atoms with Gasteiger partial charge in [-0.15, -0.1) is 0 Å². The topological polar surface area (TPSA) is 59.4 Å². The molecule has 6 nitrogen and oxygen atoms in total. The van der Waals surface area contributed by atoms with E-state index >= 15 is 0 Å². The zero-order valence-corrected chi connectivity index (χ0v) is 19.5. The molecule has 0 bridgehead atoms. The fourth-order valence-electron chi connectivity index (χ4n) is 3.23. The Balaban J connectivity index is 2.05. The number of benzene rings is 2. The zero-order chi connectivity index (χ0) is 23.5. The summed E-state index contributed by atoms with van der Waals surface area (Å²) in [6.07, 6.45) is 0. The van der Waals surface area contributed by atoms with Gasteiger partial charge in [0.25, 0.3) is 0 Å². The molecule has 0 atom stereocenters. The average molecular weight is 439 g/mol. The van der Waals surface area contributed by atoms with E-state index in [0.717, 1.165) is 11.3 Å². The smallest absolute Gasteiger partial charge is 0.318 e. The molecule has 2 aromatic carbocycles. The lowest BCUT2D eigenvalue weighted by Gasteiger charge is -2.31. The normalized spacial score (nSPS) is 11.5. The van der Waals surface area contributed by atoms with Crippen molar-refractivity contribution in [2.45, 2.75) is 59.7 Å². The number of halogens is 1. The average Bonchev–Trinajstić information content (AvgIpc) is 3.01. The van der Waals surface area contributed by atoms with E-state index in [9.17, 15) is 9.18 Å². The second-order valence-corrected chi connectivity index (χ2v) is 9.07. The third-order valence-electron chi connectivity index (χ3n) is 4.86. The number of hydrogen-bond acceptors (Lipinski definition) is 3. The first-order chi connectivity index (χ1) is 15.0. The van der Waals surface area contributed by atoms with Crippen LogP contribution in [0.1, 0.15) is 45.9 Å². The van der Waals surface area contributed by atoms with E-state index in [-0.39, 0.29) is 23.4 Å². The van der Waals surface area contributed by atoms with Gasteiger partial charge in [0.1, 0.15) is 11.6 Å². The van der Waals surface area contributed by atoms with E-state index in [0.29, 0.717) is 23.9 Å². The zero-order valence-electron chi connectivity index (χ0n) is 19.5. The van der Waals surface area contributed by atoms with Crippen LogP contribution in [0.3, 0.4) is 0 Å². The molecule has 0 spiro atoms. The van der Waals surface area contributed by atoms with Crippen molar-refractivity contribution in [2.75, 3.05) is 0 Å². The molecule has 7 heteroatoms. The number of aryl methyl sites for hydroxylation is 1. The number of amides is 2. The molecule has 0 unspecified atom stereocenters. The minimum Gasteiger partial charge on any atom is -0.439 e. The van der Waals surface area contributed by atoms with Crippen LogP contribution in [0.25, 0.3) is 5.69 Å². The molecule has 3 rings (SSSR count). The van der Waals surface area contributed by atoms with Crippen molar-refractivity contribution in [1.82, 2.24) is 20.0 Å². The number of urea groups is 1. The minimum atomic E-state index is -0.360. The van der Waals surface area contributed by atoms with E-state index in [1.165, 1.54) is 12.1 Å². The number of para-hydroxylation sites is 1. The quantitative estimate of drug-likeness (QED) is 0.527. The molecule has 1 aromatic heterocycles. The monoisotopic (exact) mass is 438 g/mol. The first-order valence-electron chi connectivity index (χ1n) is 10.7. The minimum absolute atomic E-state index is 0.0458. The summed E-state index contributed by atoms with van der Waals surface area (Å²) >= 11 is 0. The molecule has 0 aliphatic rings. The molecule has 0 aliphatic heterocycles. The molecule has 0 saturated heterocycles. The number of hydrogen-bond donors (Lipinski definition) is 1. The Hall–Kier alpha value is -3.35. The second-order valence-electron chi connectivity index (χ2n) is 9.07. The number of rotatable bonds is 6. The van der Waals surface area contributed by atoms with E-state index in [1.54, 1.807) is 21.7 Å². The van der Waals surface area contributed by atoms with Crippen molar-refractivity contribution in [3.63, 3.8) is 0 Å². The maximum absolute atomic E-state index is 13.5. The highest BCUT2D eigenvalue weighted by atomic mass is 19.1. The van der Waals surface area contributed by atoms with Crippen LogP contribution in [-0.4, -0.2) is 32.3 Å². The van der Waals surface area contributed by atoms with E-state index in [4.69, 9.17) is 4.74 Å². The van der Waals surface area contributed by atoms with Gasteiger partial charge in [0.15, 0.2) is 0 Å². The van der Waals surface area contributed by atoms with Gasteiger partial charge in [-0.05, 0) is 77.9 Å². The molecule has 32 heavy (non-hydrogen) atoms. The number of nitrogens with zero attached hydrogens (tertiary/aromatic N) is 3. The van der Waals surface area contributed by atoms with Crippen LogP contribution in [0, 0.1) is 12.7 Å². The highest BCUT2D eigenvalue weighted by Gasteiger charge is 2.27. The summed E-state index contributed by atoms with van der Waals surface area (Å²) in [7, 11) is 0. The third-order valence-corrected chi connectivity index (χ3v) is 4.86. The third kappa shape index (κ3) is 5.66. The Morgan fingerprint density at radius 2 is 1.75 bits per heavy atom. The van der Waals surface area contributed by atoms with Crippen molar-refractivity contribution < 1.29 is 13.9 Å². The van der Waals surface area contributed by atoms with Gasteiger partial charge >= 0.3 is 6.03 Å². The van der Waals surface area contributed by atoms with E-state index < -0.39 is 0 Å². The molecular weight excluding hydrogens is 407 g/mol. The Kier molecular flexibility index (Phi) is 6.87. The summed E-state index contributed by atoms with van der Waals surface area (Å²) in [5.41, 5.74) is 1.83. The Bertz CT molecular complexity index is 1050. The van der Waals surface area contributed by atoms with E-state index in [2.05, 4.69) is 10.4 Å². The van der Waals surface area contributed by atoms with Gasteiger partial charge < -0.3 is 15.0 Å². The van der Waals surface area contributed by atoms with E-state index in [1.807, 2.05) is 71.9 Å². The summed E-state index contributed by atoms with van der Waals surface area (Å²) in [5, 5.41) is 7.70. The fourth-order valence-corrected chi connectivity index (χ4v) is 3.23. The Morgan fingerprint density at radius 1 is 1.12 bits per heavy atom. The lowest BCUT2D eigenvalue weighted by molar-refractivity contribution is 0.170. The molecule has 0 aliphatic carbocycles. The molecule has 1 N–H and O–H groups in total. The van der Waals surface area contributed by atoms with Crippen molar-refractivity contribution in [3.05, 3.63) is 71.7 Å². The van der Waals surface area contributed by atoms with Crippen LogP contribution in [0.4, 0.5) is 9.18 Å². The van der Waals surface area contributed by atoms with Gasteiger partial charge in [0.05, 0.1) is 23.5 Å². The highest BCUT2D eigenvalue weighted by Crippen LogP contribution is 2.32. The summed E-state index contributed by atoms with van der Waals surface area (Å²) < 4.78 is 21.4. The predicted molar refractivity (Wildman–Crippen MR) is 124 cm³/mol. The second kappa shape index (κ2) is 9.42. The molecular formula is C25H31FN4O2. The van der Waals surface area contributed by atoms with Gasteiger partial charge in [0, 0.05) is 11.6 Å². The highest BCUT2D eigenvalue weighted by molar-refractivity contribution is 5.75. The molecule has 3 aromatic rings. The summed E-state index contributed by atoms with van der Waals surface area (Å²) in [4.78, 5) is 14.8. The summed E-state index contributed by atoms with van der Waals surface area (Å²) in [5.74, 6) is 0.815. The van der Waals surface area contributed by atoms with Crippen molar-refractivity contribution in [3.8, 4) is 17.3 Å². The van der Waals surface area contributed by atoms with Gasteiger partial charge in [-0.25, -0.2) is 13.9 Å². The number of carbonyl (C=O) groups is 1. The van der Waals surface area contributed by atoms with Crippen molar-refractivity contribution in [1.29, 1.82) is 0 Å². The lowest BCUT2D eigenvalue weighted by Crippen LogP contribution is -2.50.